The van der Waals surface area contributed by atoms with Crippen molar-refractivity contribution < 1.29 is 22.7 Å². The molecule has 1 rings (SSSR count). The van der Waals surface area contributed by atoms with Crippen molar-refractivity contribution >= 4 is 11.7 Å². The number of halogens is 3. The fourth-order valence-corrected chi connectivity index (χ4v) is 0.830. The number of primary amides is 1. The average molecular weight is 221 g/mol. The van der Waals surface area contributed by atoms with Gasteiger partial charge in [0.05, 0.1) is 0 Å². The van der Waals surface area contributed by atoms with E-state index in [0.29, 0.717) is 0 Å². The highest BCUT2D eigenvalue weighted by atomic mass is 19.4. The zero-order valence-corrected chi connectivity index (χ0v) is 7.21. The number of carbonyl (C=O) groups is 1. The van der Waals surface area contributed by atoms with Crippen LogP contribution in [0.15, 0.2) is 12.1 Å². The zero-order chi connectivity index (χ0) is 11.6. The third-order valence-electron chi connectivity index (χ3n) is 1.36. The molecule has 0 aromatic carbocycles. The summed E-state index contributed by atoms with van der Waals surface area (Å²) < 4.78 is 39.1. The van der Waals surface area contributed by atoms with Gasteiger partial charge in [0, 0.05) is 0 Å². The number of nitrogens with two attached hydrogens (primary N) is 2. The summed E-state index contributed by atoms with van der Waals surface area (Å²) in [6, 6.07) is 2.15. The van der Waals surface area contributed by atoms with Gasteiger partial charge in [-0.15, -0.1) is 13.2 Å². The lowest BCUT2D eigenvalue weighted by atomic mass is 10.2. The molecule has 0 atom stereocenters. The number of aromatic nitrogens is 1. The molecule has 82 valence electrons. The van der Waals surface area contributed by atoms with Gasteiger partial charge in [-0.2, -0.15) is 4.98 Å². The molecule has 0 aliphatic carbocycles. The van der Waals surface area contributed by atoms with E-state index < -0.39 is 23.7 Å². The third-order valence-corrected chi connectivity index (χ3v) is 1.36. The molecule has 5 nitrogen and oxygen atoms in total. The summed E-state index contributed by atoms with van der Waals surface area (Å²) in [6.07, 6.45) is -4.95. The first-order valence-corrected chi connectivity index (χ1v) is 3.61. The van der Waals surface area contributed by atoms with Crippen molar-refractivity contribution in [3.05, 3.63) is 17.7 Å². The molecule has 8 heteroatoms. The van der Waals surface area contributed by atoms with Gasteiger partial charge in [-0.25, -0.2) is 0 Å². The highest BCUT2D eigenvalue weighted by Gasteiger charge is 2.33. The average Bonchev–Trinajstić information content (AvgIpc) is 1.99. The Labute approximate surface area is 81.8 Å². The summed E-state index contributed by atoms with van der Waals surface area (Å²) in [5.41, 5.74) is 9.47. The van der Waals surface area contributed by atoms with Gasteiger partial charge >= 0.3 is 6.36 Å². The lowest BCUT2D eigenvalue weighted by molar-refractivity contribution is -0.276. The molecule has 0 saturated heterocycles. The van der Waals surface area contributed by atoms with Gasteiger partial charge in [-0.1, -0.05) is 0 Å². The maximum atomic E-state index is 11.9. The molecule has 0 saturated carbocycles. The number of ether oxygens (including phenoxy) is 1. The van der Waals surface area contributed by atoms with E-state index in [4.69, 9.17) is 11.5 Å². The van der Waals surface area contributed by atoms with Crippen LogP contribution >= 0.6 is 0 Å². The minimum Gasteiger partial charge on any atom is -0.387 e. The van der Waals surface area contributed by atoms with Crippen LogP contribution in [0.5, 0.6) is 5.88 Å². The monoisotopic (exact) mass is 221 g/mol. The molecule has 1 heterocycles. The number of pyridine rings is 1. The molecular weight excluding hydrogens is 215 g/mol. The Kier molecular flexibility index (Phi) is 2.69. The van der Waals surface area contributed by atoms with Gasteiger partial charge < -0.3 is 16.2 Å². The second-order valence-corrected chi connectivity index (χ2v) is 2.50. The Hall–Kier alpha value is -1.99. The normalized spacial score (nSPS) is 11.1. The van der Waals surface area contributed by atoms with Crippen LogP contribution in [0.25, 0.3) is 0 Å². The van der Waals surface area contributed by atoms with Crippen molar-refractivity contribution in [1.82, 2.24) is 4.98 Å². The van der Waals surface area contributed by atoms with Crippen LogP contribution in [0.2, 0.25) is 0 Å². The summed E-state index contributed by atoms with van der Waals surface area (Å²) in [6.45, 7) is 0. The third kappa shape index (κ3) is 3.01. The quantitative estimate of drug-likeness (QED) is 0.767. The van der Waals surface area contributed by atoms with Gasteiger partial charge in [0.25, 0.3) is 5.91 Å². The fraction of sp³-hybridized carbons (Fsp3) is 0.143. The van der Waals surface area contributed by atoms with Crippen molar-refractivity contribution in [3.63, 3.8) is 0 Å². The Morgan fingerprint density at radius 1 is 1.40 bits per heavy atom. The molecule has 0 aliphatic heterocycles. The van der Waals surface area contributed by atoms with Crippen LogP contribution in [0.1, 0.15) is 10.4 Å². The minimum absolute atomic E-state index is 0.209. The van der Waals surface area contributed by atoms with Gasteiger partial charge in [0.2, 0.25) is 5.88 Å². The smallest absolute Gasteiger partial charge is 0.387 e. The number of nitrogens with zero attached hydrogens (tertiary/aromatic N) is 1. The van der Waals surface area contributed by atoms with E-state index >= 15 is 0 Å². The number of anilines is 1. The van der Waals surface area contributed by atoms with E-state index in [1.807, 2.05) is 0 Å². The van der Waals surface area contributed by atoms with Crippen LogP contribution in [0.3, 0.4) is 0 Å². The standard InChI is InChI=1S/C7H6F3N3O2/c8-7(9,10)15-6-3(5(12)14)1-2-4(11)13-6/h1-2H,(H2,11,13)(H2,12,14). The van der Waals surface area contributed by atoms with Gasteiger partial charge in [0.15, 0.2) is 0 Å². The van der Waals surface area contributed by atoms with Crippen LogP contribution in [-0.2, 0) is 0 Å². The SMILES string of the molecule is NC(=O)c1ccc(N)nc1OC(F)(F)F. The van der Waals surface area contributed by atoms with E-state index in [1.54, 1.807) is 0 Å². The Balaban J connectivity index is 3.13. The molecule has 1 aromatic rings. The first-order chi connectivity index (χ1) is 6.79. The molecule has 0 fully saturated rings. The van der Waals surface area contributed by atoms with E-state index in [1.165, 1.54) is 0 Å². The Morgan fingerprint density at radius 3 is 2.47 bits per heavy atom. The van der Waals surface area contributed by atoms with E-state index in [-0.39, 0.29) is 5.82 Å². The number of rotatable bonds is 2. The van der Waals surface area contributed by atoms with Gasteiger partial charge in [-0.05, 0) is 12.1 Å². The molecule has 0 spiro atoms. The van der Waals surface area contributed by atoms with Crippen LogP contribution in [0, 0.1) is 0 Å². The van der Waals surface area contributed by atoms with Crippen molar-refractivity contribution in [2.75, 3.05) is 5.73 Å². The molecule has 4 N–H and O–H groups in total. The second kappa shape index (κ2) is 3.64. The zero-order valence-electron chi connectivity index (χ0n) is 7.21. The second-order valence-electron chi connectivity index (χ2n) is 2.50. The lowest BCUT2D eigenvalue weighted by Crippen LogP contribution is -2.22. The number of hydrogen-bond acceptors (Lipinski definition) is 4. The van der Waals surface area contributed by atoms with Crippen molar-refractivity contribution in [2.24, 2.45) is 5.73 Å². The van der Waals surface area contributed by atoms with E-state index in [2.05, 4.69) is 9.72 Å². The summed E-state index contributed by atoms with van der Waals surface area (Å²) in [5.74, 6) is -2.24. The summed E-state index contributed by atoms with van der Waals surface area (Å²) in [5, 5.41) is 0. The first-order valence-electron chi connectivity index (χ1n) is 3.61. The number of hydrogen-bond donors (Lipinski definition) is 2. The minimum atomic E-state index is -4.95. The van der Waals surface area contributed by atoms with Crippen molar-refractivity contribution in [1.29, 1.82) is 0 Å². The largest absolute Gasteiger partial charge is 0.574 e. The van der Waals surface area contributed by atoms with E-state index in [9.17, 15) is 18.0 Å². The van der Waals surface area contributed by atoms with Crippen molar-refractivity contribution in [2.45, 2.75) is 6.36 Å². The Bertz CT molecular complexity index is 392. The Morgan fingerprint density at radius 2 is 2.00 bits per heavy atom. The number of carbonyl (C=O) groups excluding carboxylic acids is 1. The molecule has 1 amide bonds. The maximum absolute atomic E-state index is 11.9. The predicted molar refractivity (Wildman–Crippen MR) is 43.9 cm³/mol. The van der Waals surface area contributed by atoms with Crippen molar-refractivity contribution in [3.8, 4) is 5.88 Å². The van der Waals surface area contributed by atoms with E-state index in [0.717, 1.165) is 12.1 Å². The molecule has 0 aliphatic rings. The van der Waals surface area contributed by atoms with Crippen LogP contribution in [0.4, 0.5) is 19.0 Å². The van der Waals surface area contributed by atoms with Crippen LogP contribution in [-0.4, -0.2) is 17.3 Å². The maximum Gasteiger partial charge on any atom is 0.574 e. The highest BCUT2D eigenvalue weighted by Crippen LogP contribution is 2.24. The first kappa shape index (κ1) is 11.1. The predicted octanol–water partition coefficient (Wildman–Crippen LogP) is 0.661. The summed E-state index contributed by atoms with van der Waals surface area (Å²) in [7, 11) is 0. The number of amides is 1. The molecular formula is C7H6F3N3O2. The highest BCUT2D eigenvalue weighted by molar-refractivity contribution is 5.95. The summed E-state index contributed by atoms with van der Waals surface area (Å²) in [4.78, 5) is 13.9. The number of nitrogen functional groups attached to an aromatic ring is 1. The van der Waals surface area contributed by atoms with Crippen LogP contribution < -0.4 is 16.2 Å². The topological polar surface area (TPSA) is 91.2 Å². The van der Waals surface area contributed by atoms with Gasteiger partial charge in [-0.3, -0.25) is 4.79 Å². The van der Waals surface area contributed by atoms with Gasteiger partial charge in [0.1, 0.15) is 11.4 Å². The molecule has 1 aromatic heterocycles. The summed E-state index contributed by atoms with van der Waals surface area (Å²) >= 11 is 0. The fourth-order valence-electron chi connectivity index (χ4n) is 0.830. The number of alkyl halides is 3. The molecule has 15 heavy (non-hydrogen) atoms. The lowest BCUT2D eigenvalue weighted by Gasteiger charge is -2.10. The molecule has 0 unspecified atom stereocenters. The molecule has 0 bridgehead atoms. The molecule has 0 radical (unpaired) electrons.